The summed E-state index contributed by atoms with van der Waals surface area (Å²) in [5.74, 6) is 0. The number of para-hydroxylation sites is 3. The summed E-state index contributed by atoms with van der Waals surface area (Å²) in [5, 5.41) is 3.51. The molecule has 1 aliphatic carbocycles. The number of hydrogen-bond donors (Lipinski definition) is 1. The zero-order valence-corrected chi connectivity index (χ0v) is 33.3. The number of hydrogen-bond acceptors (Lipinski definition) is 3. The molecule has 0 amide bonds. The minimum Gasteiger partial charge on any atom is -0.354 e. The lowest BCUT2D eigenvalue weighted by Crippen LogP contribution is -2.29. The largest absolute Gasteiger partial charge is 0.354 e. The van der Waals surface area contributed by atoms with E-state index in [1.807, 2.05) is 48.7 Å². The van der Waals surface area contributed by atoms with Crippen LogP contribution in [0.2, 0.25) is 0 Å². The van der Waals surface area contributed by atoms with Gasteiger partial charge in [0.1, 0.15) is 0 Å². The highest BCUT2D eigenvalue weighted by atomic mass is 15.1. The molecule has 0 saturated carbocycles. The van der Waals surface area contributed by atoms with Gasteiger partial charge in [-0.1, -0.05) is 158 Å². The molecule has 1 atom stereocenters. The first-order valence-electron chi connectivity index (χ1n) is 19.9. The smallest absolute Gasteiger partial charge is 0.0864 e. The van der Waals surface area contributed by atoms with E-state index in [1.54, 1.807) is 0 Å². The van der Waals surface area contributed by atoms with Gasteiger partial charge in [-0.05, 0) is 125 Å². The molecule has 1 aliphatic rings. The van der Waals surface area contributed by atoms with Gasteiger partial charge in [0.15, 0.2) is 0 Å². The van der Waals surface area contributed by atoms with Gasteiger partial charge in [-0.25, -0.2) is 0 Å². The highest BCUT2D eigenvalue weighted by molar-refractivity contribution is 5.90. The molecule has 282 valence electrons. The average molecular weight is 750 g/mol. The van der Waals surface area contributed by atoms with Crippen molar-refractivity contribution in [3.8, 4) is 11.1 Å². The molecule has 58 heavy (non-hydrogen) atoms. The Morgan fingerprint density at radius 1 is 0.672 bits per heavy atom. The predicted molar refractivity (Wildman–Crippen MR) is 248 cm³/mol. The van der Waals surface area contributed by atoms with Crippen LogP contribution in [-0.4, -0.2) is 6.21 Å². The first-order chi connectivity index (χ1) is 28.5. The molecule has 0 aromatic heterocycles. The van der Waals surface area contributed by atoms with Crippen LogP contribution < -0.4 is 10.2 Å². The van der Waals surface area contributed by atoms with Crippen LogP contribution in [0, 0.1) is 6.92 Å². The minimum atomic E-state index is -0.560. The second-order valence-electron chi connectivity index (χ2n) is 14.6. The molecule has 0 spiro atoms. The zero-order chi connectivity index (χ0) is 39.9. The van der Waals surface area contributed by atoms with Gasteiger partial charge in [0.05, 0.1) is 16.8 Å². The van der Waals surface area contributed by atoms with Gasteiger partial charge in [-0.3, -0.25) is 4.99 Å². The summed E-state index contributed by atoms with van der Waals surface area (Å²) in [6.45, 7) is 10.6. The summed E-state index contributed by atoms with van der Waals surface area (Å²) in [6.07, 6.45) is 12.7. The van der Waals surface area contributed by atoms with Crippen LogP contribution in [-0.2, 0) is 5.41 Å². The van der Waals surface area contributed by atoms with Crippen molar-refractivity contribution in [2.75, 3.05) is 10.2 Å². The fourth-order valence-electron chi connectivity index (χ4n) is 8.31. The van der Waals surface area contributed by atoms with Crippen LogP contribution in [0.5, 0.6) is 0 Å². The Labute approximate surface area is 343 Å². The number of nitrogens with one attached hydrogen (secondary N) is 1. The van der Waals surface area contributed by atoms with Crippen LogP contribution in [0.15, 0.2) is 223 Å². The topological polar surface area (TPSA) is 27.6 Å². The molecular formula is C55H47N3. The van der Waals surface area contributed by atoms with Gasteiger partial charge >= 0.3 is 0 Å². The van der Waals surface area contributed by atoms with Gasteiger partial charge < -0.3 is 10.2 Å². The lowest BCUT2D eigenvalue weighted by molar-refractivity contribution is 0.766. The third-order valence-electron chi connectivity index (χ3n) is 10.9. The van der Waals surface area contributed by atoms with Crippen LogP contribution in [0.1, 0.15) is 47.2 Å². The van der Waals surface area contributed by atoms with E-state index in [0.29, 0.717) is 0 Å². The van der Waals surface area contributed by atoms with Gasteiger partial charge in [-0.15, -0.1) is 0 Å². The number of rotatable bonds is 12. The number of benzene rings is 7. The molecule has 0 radical (unpaired) electrons. The van der Waals surface area contributed by atoms with Crippen molar-refractivity contribution in [1.82, 2.24) is 0 Å². The Balaban J connectivity index is 1.25. The third kappa shape index (κ3) is 7.26. The molecule has 0 aliphatic heterocycles. The Kier molecular flexibility index (Phi) is 11.0. The third-order valence-corrected chi connectivity index (χ3v) is 10.9. The van der Waals surface area contributed by atoms with Crippen molar-refractivity contribution in [1.29, 1.82) is 0 Å². The summed E-state index contributed by atoms with van der Waals surface area (Å²) in [5.41, 5.74) is 16.3. The molecule has 8 rings (SSSR count). The van der Waals surface area contributed by atoms with Crippen molar-refractivity contribution >= 4 is 40.7 Å². The van der Waals surface area contributed by atoms with E-state index in [9.17, 15) is 0 Å². The Morgan fingerprint density at radius 2 is 1.33 bits per heavy atom. The fourth-order valence-corrected chi connectivity index (χ4v) is 8.31. The maximum atomic E-state index is 4.93. The Hall–Kier alpha value is -7.23. The molecule has 0 fully saturated rings. The molecule has 0 saturated heterocycles. The summed E-state index contributed by atoms with van der Waals surface area (Å²) in [4.78, 5) is 7.30. The van der Waals surface area contributed by atoms with Crippen LogP contribution >= 0.6 is 0 Å². The number of aliphatic imine (C=N–C) groups is 1. The minimum absolute atomic E-state index is 0.560. The van der Waals surface area contributed by atoms with Crippen LogP contribution in [0.4, 0.5) is 28.4 Å². The van der Waals surface area contributed by atoms with E-state index < -0.39 is 5.41 Å². The summed E-state index contributed by atoms with van der Waals surface area (Å²) in [7, 11) is 0. The summed E-state index contributed by atoms with van der Waals surface area (Å²) < 4.78 is 0. The van der Waals surface area contributed by atoms with Crippen molar-refractivity contribution in [3.05, 3.63) is 251 Å². The number of anilines is 4. The van der Waals surface area contributed by atoms with E-state index in [0.717, 1.165) is 39.7 Å². The first kappa shape index (κ1) is 37.7. The normalized spacial score (nSPS) is 15.0. The van der Waals surface area contributed by atoms with E-state index in [4.69, 9.17) is 4.99 Å². The molecule has 3 nitrogen and oxygen atoms in total. The number of fused-ring (bicyclic) bond motifs is 3. The van der Waals surface area contributed by atoms with Crippen molar-refractivity contribution in [2.24, 2.45) is 4.99 Å². The van der Waals surface area contributed by atoms with Crippen molar-refractivity contribution in [2.45, 2.75) is 26.2 Å². The average Bonchev–Trinajstić information content (AvgIpc) is 3.55. The molecular weight excluding hydrogens is 703 g/mol. The SMILES string of the molecule is C=C/C=C(\C=C/C)C1(c2ccccc2)c2ccccc2-c2ccc(N(/C(C)=C/c3ccccc3C)c3ccc(C=Nc4ccccc4Nc4ccccc4)cc3)cc21. The van der Waals surface area contributed by atoms with E-state index in [-0.39, 0.29) is 0 Å². The monoisotopic (exact) mass is 749 g/mol. The molecule has 7 aromatic carbocycles. The maximum Gasteiger partial charge on any atom is 0.0864 e. The van der Waals surface area contributed by atoms with E-state index in [1.165, 1.54) is 44.5 Å². The molecule has 1 N–H and O–H groups in total. The van der Waals surface area contributed by atoms with E-state index >= 15 is 0 Å². The van der Waals surface area contributed by atoms with Gasteiger partial charge in [-0.2, -0.15) is 0 Å². The first-order valence-corrected chi connectivity index (χ1v) is 19.9. The van der Waals surface area contributed by atoms with E-state index in [2.05, 4.69) is 201 Å². The lowest BCUT2D eigenvalue weighted by atomic mass is 9.67. The van der Waals surface area contributed by atoms with Gasteiger partial charge in [0.2, 0.25) is 0 Å². The zero-order valence-electron chi connectivity index (χ0n) is 33.3. The molecule has 0 bridgehead atoms. The standard InChI is InChI=1S/C55H47N3/c1-5-19-44(20-6-2)55(45-23-9-7-10-24-45)51-28-16-15-27-49(51)50-36-35-48(38-52(50)55)58(41(4)37-43-22-14-13-21-40(43)3)47-33-31-42(32-34-47)39-56-53-29-17-18-30-54(53)57-46-25-11-8-12-26-46/h5-39,57H,1H2,2-4H3/b20-6-,41-37+,44-19+,56-39?. The highest BCUT2D eigenvalue weighted by Crippen LogP contribution is 2.57. The summed E-state index contributed by atoms with van der Waals surface area (Å²) in [6, 6.07) is 62.3. The predicted octanol–water partition coefficient (Wildman–Crippen LogP) is 14.7. The van der Waals surface area contributed by atoms with Crippen LogP contribution in [0.25, 0.3) is 17.2 Å². The summed E-state index contributed by atoms with van der Waals surface area (Å²) >= 11 is 0. The Bertz CT molecular complexity index is 2680. The molecule has 7 aromatic rings. The second-order valence-corrected chi connectivity index (χ2v) is 14.6. The second kappa shape index (κ2) is 16.9. The number of allylic oxidation sites excluding steroid dienone is 6. The van der Waals surface area contributed by atoms with Crippen molar-refractivity contribution < 1.29 is 0 Å². The van der Waals surface area contributed by atoms with Gasteiger partial charge in [0, 0.05) is 29.0 Å². The van der Waals surface area contributed by atoms with Gasteiger partial charge in [0.25, 0.3) is 0 Å². The highest BCUT2D eigenvalue weighted by Gasteiger charge is 2.46. The van der Waals surface area contributed by atoms with Crippen LogP contribution in [0.3, 0.4) is 0 Å². The molecule has 0 heterocycles. The molecule has 1 unspecified atom stereocenters. The van der Waals surface area contributed by atoms with Crippen molar-refractivity contribution in [3.63, 3.8) is 0 Å². The maximum absolute atomic E-state index is 4.93. The quantitative estimate of drug-likeness (QED) is 0.0995. The molecule has 3 heteroatoms. The lowest BCUT2D eigenvalue weighted by Gasteiger charge is -2.35. The number of aryl methyl sites for hydroxylation is 1. The number of nitrogens with zero attached hydrogens (tertiary/aromatic N) is 2. The Morgan fingerprint density at radius 3 is 2.09 bits per heavy atom. The fraction of sp³-hybridized carbons (Fsp3) is 0.0727.